The smallest absolute Gasteiger partial charge is 0.306 e. The van der Waals surface area contributed by atoms with Gasteiger partial charge in [-0.15, -0.1) is 0 Å². The zero-order chi connectivity index (χ0) is 14.3. The van der Waals surface area contributed by atoms with E-state index in [9.17, 15) is 14.4 Å². The first-order valence-electron chi connectivity index (χ1n) is 6.04. The first kappa shape index (κ1) is 16.4. The molecule has 0 aromatic carbocycles. The Morgan fingerprint density at radius 1 is 1.22 bits per heavy atom. The summed E-state index contributed by atoms with van der Waals surface area (Å²) in [7, 11) is 0. The Morgan fingerprint density at radius 2 is 1.78 bits per heavy atom. The van der Waals surface area contributed by atoms with Crippen molar-refractivity contribution < 1.29 is 19.1 Å². The summed E-state index contributed by atoms with van der Waals surface area (Å²) in [6, 6.07) is -0.857. The van der Waals surface area contributed by atoms with Crippen molar-refractivity contribution >= 4 is 17.8 Å². The standard InChI is InChI=1S/C12H22N2O4/c1-5-18-9(15)6-8(4)10(11(13)16)14-12(17)7(2)3/h7-8,10H,5-6H2,1-4H3,(H2,13,16)(H,14,17)/t8-,10-/m1/s1. The number of hydrogen-bond donors (Lipinski definition) is 2. The Kier molecular flexibility index (Phi) is 7.00. The van der Waals surface area contributed by atoms with E-state index in [-0.39, 0.29) is 24.9 Å². The molecule has 0 saturated carbocycles. The molecule has 0 aromatic rings. The maximum absolute atomic E-state index is 11.5. The van der Waals surface area contributed by atoms with E-state index in [1.807, 2.05) is 0 Å². The molecule has 0 aliphatic rings. The number of hydrogen-bond acceptors (Lipinski definition) is 4. The highest BCUT2D eigenvalue weighted by Gasteiger charge is 2.27. The quantitative estimate of drug-likeness (QED) is 0.637. The van der Waals surface area contributed by atoms with Gasteiger partial charge in [0, 0.05) is 5.92 Å². The van der Waals surface area contributed by atoms with Crippen LogP contribution in [0, 0.1) is 11.8 Å². The topological polar surface area (TPSA) is 98.5 Å². The summed E-state index contributed by atoms with van der Waals surface area (Å²) in [6.07, 6.45) is 0.0415. The van der Waals surface area contributed by atoms with Gasteiger partial charge in [0.2, 0.25) is 11.8 Å². The Balaban J connectivity index is 4.55. The van der Waals surface area contributed by atoms with Crippen LogP contribution in [0.2, 0.25) is 0 Å². The van der Waals surface area contributed by atoms with E-state index in [1.54, 1.807) is 27.7 Å². The molecule has 18 heavy (non-hydrogen) atoms. The maximum atomic E-state index is 11.5. The van der Waals surface area contributed by atoms with E-state index in [2.05, 4.69) is 5.32 Å². The van der Waals surface area contributed by atoms with Crippen molar-refractivity contribution in [1.82, 2.24) is 5.32 Å². The largest absolute Gasteiger partial charge is 0.466 e. The zero-order valence-corrected chi connectivity index (χ0v) is 11.4. The first-order chi connectivity index (χ1) is 8.29. The van der Waals surface area contributed by atoms with Crippen molar-refractivity contribution in [3.8, 4) is 0 Å². The van der Waals surface area contributed by atoms with Gasteiger partial charge in [-0.05, 0) is 12.8 Å². The number of carbonyl (C=O) groups is 3. The molecule has 0 heterocycles. The fourth-order valence-electron chi connectivity index (χ4n) is 1.41. The van der Waals surface area contributed by atoms with Gasteiger partial charge in [0.05, 0.1) is 13.0 Å². The van der Waals surface area contributed by atoms with Gasteiger partial charge in [-0.25, -0.2) is 0 Å². The number of esters is 1. The fourth-order valence-corrected chi connectivity index (χ4v) is 1.41. The van der Waals surface area contributed by atoms with Crippen LogP contribution in [0.5, 0.6) is 0 Å². The van der Waals surface area contributed by atoms with E-state index in [1.165, 1.54) is 0 Å². The number of nitrogens with two attached hydrogens (primary N) is 1. The predicted molar refractivity (Wildman–Crippen MR) is 66.4 cm³/mol. The summed E-state index contributed by atoms with van der Waals surface area (Å²) in [5, 5.41) is 2.54. The van der Waals surface area contributed by atoms with E-state index >= 15 is 0 Å². The Morgan fingerprint density at radius 3 is 2.17 bits per heavy atom. The van der Waals surface area contributed by atoms with Crippen LogP contribution in [-0.4, -0.2) is 30.4 Å². The number of ether oxygens (including phenoxy) is 1. The van der Waals surface area contributed by atoms with Crippen LogP contribution in [0.1, 0.15) is 34.1 Å². The van der Waals surface area contributed by atoms with E-state index in [0.717, 1.165) is 0 Å². The fraction of sp³-hybridized carbons (Fsp3) is 0.750. The van der Waals surface area contributed by atoms with Crippen molar-refractivity contribution in [2.75, 3.05) is 6.61 Å². The molecule has 0 bridgehead atoms. The Labute approximate surface area is 107 Å². The normalized spacial score (nSPS) is 13.8. The minimum absolute atomic E-state index is 0.0415. The molecule has 104 valence electrons. The second kappa shape index (κ2) is 7.68. The SMILES string of the molecule is CCOC(=O)C[C@@H](C)[C@@H](NC(=O)C(C)C)C(N)=O. The van der Waals surface area contributed by atoms with Gasteiger partial charge in [-0.1, -0.05) is 20.8 Å². The molecule has 3 N–H and O–H groups in total. The zero-order valence-electron chi connectivity index (χ0n) is 11.4. The molecule has 0 spiro atoms. The van der Waals surface area contributed by atoms with Crippen molar-refractivity contribution in [3.05, 3.63) is 0 Å². The van der Waals surface area contributed by atoms with Crippen molar-refractivity contribution in [1.29, 1.82) is 0 Å². The predicted octanol–water partition coefficient (Wildman–Crippen LogP) is 0.202. The second-order valence-electron chi connectivity index (χ2n) is 4.53. The average Bonchev–Trinajstić information content (AvgIpc) is 2.24. The summed E-state index contributed by atoms with van der Waals surface area (Å²) in [5.41, 5.74) is 5.23. The first-order valence-corrected chi connectivity index (χ1v) is 6.04. The van der Waals surface area contributed by atoms with Gasteiger partial charge in [-0.2, -0.15) is 0 Å². The summed E-state index contributed by atoms with van der Waals surface area (Å²) >= 11 is 0. The summed E-state index contributed by atoms with van der Waals surface area (Å²) in [5.74, 6) is -1.98. The van der Waals surface area contributed by atoms with Gasteiger partial charge in [0.1, 0.15) is 6.04 Å². The average molecular weight is 258 g/mol. The van der Waals surface area contributed by atoms with Gasteiger partial charge in [0.15, 0.2) is 0 Å². The lowest BCUT2D eigenvalue weighted by molar-refractivity contribution is -0.145. The van der Waals surface area contributed by atoms with Crippen LogP contribution in [0.4, 0.5) is 0 Å². The monoisotopic (exact) mass is 258 g/mol. The highest BCUT2D eigenvalue weighted by molar-refractivity contribution is 5.88. The maximum Gasteiger partial charge on any atom is 0.306 e. The highest BCUT2D eigenvalue weighted by Crippen LogP contribution is 2.10. The van der Waals surface area contributed by atoms with Crippen LogP contribution in [-0.2, 0) is 19.1 Å². The van der Waals surface area contributed by atoms with E-state index in [4.69, 9.17) is 10.5 Å². The summed E-state index contributed by atoms with van der Waals surface area (Å²) < 4.78 is 4.79. The minimum atomic E-state index is -0.857. The third-order valence-electron chi connectivity index (χ3n) is 2.49. The molecule has 0 unspecified atom stereocenters. The molecule has 0 saturated heterocycles. The third kappa shape index (κ3) is 5.65. The molecule has 6 heteroatoms. The van der Waals surface area contributed by atoms with Gasteiger partial charge in [-0.3, -0.25) is 14.4 Å². The second-order valence-corrected chi connectivity index (χ2v) is 4.53. The Hall–Kier alpha value is -1.59. The van der Waals surface area contributed by atoms with Gasteiger partial charge >= 0.3 is 5.97 Å². The molecule has 0 aliphatic heterocycles. The lowest BCUT2D eigenvalue weighted by Gasteiger charge is -2.22. The molecule has 6 nitrogen and oxygen atoms in total. The molecule has 2 amide bonds. The van der Waals surface area contributed by atoms with Crippen molar-refractivity contribution in [2.24, 2.45) is 17.6 Å². The van der Waals surface area contributed by atoms with Crippen molar-refractivity contribution in [3.63, 3.8) is 0 Å². The van der Waals surface area contributed by atoms with Crippen LogP contribution in [0.25, 0.3) is 0 Å². The van der Waals surface area contributed by atoms with E-state index in [0.29, 0.717) is 0 Å². The molecule has 0 rings (SSSR count). The van der Waals surface area contributed by atoms with E-state index < -0.39 is 23.8 Å². The lowest BCUT2D eigenvalue weighted by atomic mass is 9.97. The lowest BCUT2D eigenvalue weighted by Crippen LogP contribution is -2.50. The number of carbonyl (C=O) groups excluding carboxylic acids is 3. The highest BCUT2D eigenvalue weighted by atomic mass is 16.5. The van der Waals surface area contributed by atoms with Crippen LogP contribution >= 0.6 is 0 Å². The molecule has 2 atom stereocenters. The van der Waals surface area contributed by atoms with Crippen LogP contribution in [0.3, 0.4) is 0 Å². The van der Waals surface area contributed by atoms with Gasteiger partial charge < -0.3 is 15.8 Å². The molecular formula is C12H22N2O4. The molecular weight excluding hydrogens is 236 g/mol. The number of amides is 2. The van der Waals surface area contributed by atoms with Gasteiger partial charge in [0.25, 0.3) is 0 Å². The molecule has 0 aliphatic carbocycles. The number of primary amides is 1. The summed E-state index contributed by atoms with van der Waals surface area (Å²) in [6.45, 7) is 7.08. The van der Waals surface area contributed by atoms with Crippen LogP contribution in [0.15, 0.2) is 0 Å². The minimum Gasteiger partial charge on any atom is -0.466 e. The number of nitrogens with one attached hydrogen (secondary N) is 1. The third-order valence-corrected chi connectivity index (χ3v) is 2.49. The molecule has 0 radical (unpaired) electrons. The van der Waals surface area contributed by atoms with Crippen LogP contribution < -0.4 is 11.1 Å². The summed E-state index contributed by atoms with van der Waals surface area (Å²) in [4.78, 5) is 34.1. The Bertz CT molecular complexity index is 315. The number of rotatable bonds is 7. The molecule has 0 aromatic heterocycles. The van der Waals surface area contributed by atoms with Crippen molar-refractivity contribution in [2.45, 2.75) is 40.2 Å². The molecule has 0 fully saturated rings.